The van der Waals surface area contributed by atoms with Gasteiger partial charge in [-0.05, 0) is 29.7 Å². The Labute approximate surface area is 163 Å². The molecule has 6 nitrogen and oxygen atoms in total. The van der Waals surface area contributed by atoms with Gasteiger partial charge in [0.15, 0.2) is 0 Å². The van der Waals surface area contributed by atoms with Crippen LogP contribution in [0, 0.1) is 12.3 Å². The zero-order chi connectivity index (χ0) is 20.1. The van der Waals surface area contributed by atoms with Crippen LogP contribution >= 0.6 is 0 Å². The first-order valence-electron chi connectivity index (χ1n) is 9.06. The topological polar surface area (TPSA) is 77.1 Å². The standard InChI is InChI=1S/C22H21N3O3/c1-3-5-10-20-23-25(4-2)22(28)24(20)15-16-11-13-17(14-12-16)18-8-6-7-9-19(18)21(26)27/h1,6-9,11-14H,4-5,10,15H2,2H3,(H,26,27). The molecule has 0 bridgehead atoms. The maximum atomic E-state index is 12.5. The molecule has 0 saturated carbocycles. The predicted octanol–water partition coefficient (Wildman–Crippen LogP) is 3.04. The molecule has 0 unspecified atom stereocenters. The van der Waals surface area contributed by atoms with Crippen LogP contribution in [0.4, 0.5) is 0 Å². The van der Waals surface area contributed by atoms with E-state index in [1.807, 2.05) is 37.3 Å². The average Bonchev–Trinajstić information content (AvgIpc) is 3.01. The quantitative estimate of drug-likeness (QED) is 0.644. The van der Waals surface area contributed by atoms with Crippen molar-refractivity contribution in [1.29, 1.82) is 0 Å². The monoisotopic (exact) mass is 375 g/mol. The predicted molar refractivity (Wildman–Crippen MR) is 107 cm³/mol. The molecule has 0 aliphatic carbocycles. The Hall–Kier alpha value is -3.59. The Bertz CT molecular complexity index is 1090. The molecule has 0 amide bonds. The summed E-state index contributed by atoms with van der Waals surface area (Å²) in [6, 6.07) is 14.4. The SMILES string of the molecule is C#CCCc1nn(CC)c(=O)n1Cc1ccc(-c2ccccc2C(=O)O)cc1. The number of aromatic nitrogens is 3. The van der Waals surface area contributed by atoms with Gasteiger partial charge in [0.1, 0.15) is 5.82 Å². The summed E-state index contributed by atoms with van der Waals surface area (Å²) in [6.45, 7) is 2.76. The van der Waals surface area contributed by atoms with Crippen molar-refractivity contribution in [2.75, 3.05) is 0 Å². The van der Waals surface area contributed by atoms with Crippen molar-refractivity contribution in [3.05, 3.63) is 76.0 Å². The fourth-order valence-corrected chi connectivity index (χ4v) is 3.11. The molecule has 0 radical (unpaired) electrons. The summed E-state index contributed by atoms with van der Waals surface area (Å²) in [6.07, 6.45) is 6.41. The minimum absolute atomic E-state index is 0.158. The molecule has 0 fully saturated rings. The largest absolute Gasteiger partial charge is 0.478 e. The van der Waals surface area contributed by atoms with Gasteiger partial charge in [0.05, 0.1) is 12.1 Å². The number of carbonyl (C=O) groups is 1. The molecule has 0 aliphatic rings. The Morgan fingerprint density at radius 1 is 1.18 bits per heavy atom. The lowest BCUT2D eigenvalue weighted by molar-refractivity contribution is 0.0697. The van der Waals surface area contributed by atoms with Crippen LogP contribution in [0.25, 0.3) is 11.1 Å². The van der Waals surface area contributed by atoms with Crippen molar-refractivity contribution >= 4 is 5.97 Å². The van der Waals surface area contributed by atoms with E-state index in [9.17, 15) is 14.7 Å². The Morgan fingerprint density at radius 2 is 1.89 bits per heavy atom. The van der Waals surface area contributed by atoms with Crippen molar-refractivity contribution in [3.63, 3.8) is 0 Å². The first-order valence-corrected chi connectivity index (χ1v) is 9.06. The van der Waals surface area contributed by atoms with E-state index in [-0.39, 0.29) is 11.3 Å². The second-order valence-corrected chi connectivity index (χ2v) is 6.35. The van der Waals surface area contributed by atoms with Crippen LogP contribution in [-0.2, 0) is 19.5 Å². The number of hydrogen-bond acceptors (Lipinski definition) is 3. The van der Waals surface area contributed by atoms with Gasteiger partial charge in [-0.3, -0.25) is 4.57 Å². The van der Waals surface area contributed by atoms with Crippen LogP contribution < -0.4 is 5.69 Å². The number of hydrogen-bond donors (Lipinski definition) is 1. The molecule has 3 aromatic rings. The van der Waals surface area contributed by atoms with Crippen LogP contribution in [0.2, 0.25) is 0 Å². The highest BCUT2D eigenvalue weighted by Gasteiger charge is 2.14. The molecule has 28 heavy (non-hydrogen) atoms. The van der Waals surface area contributed by atoms with Gasteiger partial charge in [-0.25, -0.2) is 14.3 Å². The molecule has 6 heteroatoms. The lowest BCUT2D eigenvalue weighted by Gasteiger charge is -2.09. The molecular weight excluding hydrogens is 354 g/mol. The summed E-state index contributed by atoms with van der Waals surface area (Å²) in [5.41, 5.74) is 2.50. The van der Waals surface area contributed by atoms with Gasteiger partial charge in [-0.15, -0.1) is 12.3 Å². The van der Waals surface area contributed by atoms with E-state index in [0.29, 0.717) is 37.3 Å². The van der Waals surface area contributed by atoms with E-state index in [4.69, 9.17) is 6.42 Å². The van der Waals surface area contributed by atoms with Gasteiger partial charge in [-0.1, -0.05) is 42.5 Å². The molecule has 1 heterocycles. The number of carboxylic acids is 1. The molecule has 0 atom stereocenters. The summed E-state index contributed by atoms with van der Waals surface area (Å²) < 4.78 is 3.07. The van der Waals surface area contributed by atoms with Crippen LogP contribution in [0.5, 0.6) is 0 Å². The third-order valence-electron chi connectivity index (χ3n) is 4.56. The van der Waals surface area contributed by atoms with Crippen LogP contribution in [0.1, 0.15) is 35.1 Å². The van der Waals surface area contributed by atoms with Gasteiger partial charge in [0.25, 0.3) is 0 Å². The average molecular weight is 375 g/mol. The number of nitrogens with zero attached hydrogens (tertiary/aromatic N) is 3. The van der Waals surface area contributed by atoms with Crippen molar-refractivity contribution in [2.45, 2.75) is 32.9 Å². The molecule has 2 aromatic carbocycles. The second kappa shape index (κ2) is 8.40. The summed E-state index contributed by atoms with van der Waals surface area (Å²) in [5, 5.41) is 13.7. The highest BCUT2D eigenvalue weighted by atomic mass is 16.4. The smallest absolute Gasteiger partial charge is 0.346 e. The van der Waals surface area contributed by atoms with Gasteiger partial charge < -0.3 is 5.11 Å². The Kier molecular flexibility index (Phi) is 5.75. The highest BCUT2D eigenvalue weighted by molar-refractivity contribution is 5.95. The van der Waals surface area contributed by atoms with Crippen molar-refractivity contribution in [2.24, 2.45) is 0 Å². The zero-order valence-corrected chi connectivity index (χ0v) is 15.6. The minimum Gasteiger partial charge on any atom is -0.478 e. The Balaban J connectivity index is 1.90. The van der Waals surface area contributed by atoms with Gasteiger partial charge in [0.2, 0.25) is 0 Å². The molecule has 1 aromatic heterocycles. The van der Waals surface area contributed by atoms with Gasteiger partial charge in [-0.2, -0.15) is 5.10 Å². The number of terminal acetylenes is 1. The summed E-state index contributed by atoms with van der Waals surface area (Å²) in [7, 11) is 0. The van der Waals surface area contributed by atoms with E-state index in [1.165, 1.54) is 4.68 Å². The Morgan fingerprint density at radius 3 is 2.54 bits per heavy atom. The zero-order valence-electron chi connectivity index (χ0n) is 15.6. The summed E-state index contributed by atoms with van der Waals surface area (Å²) in [4.78, 5) is 24.0. The molecule has 0 spiro atoms. The van der Waals surface area contributed by atoms with Crippen molar-refractivity contribution < 1.29 is 9.90 Å². The number of rotatable bonds is 7. The molecular formula is C22H21N3O3. The molecule has 1 N–H and O–H groups in total. The first kappa shape index (κ1) is 19.2. The molecule has 0 saturated heterocycles. The highest BCUT2D eigenvalue weighted by Crippen LogP contribution is 2.24. The number of aromatic carboxylic acids is 1. The normalized spacial score (nSPS) is 10.6. The fraction of sp³-hybridized carbons (Fsp3) is 0.227. The molecule has 0 aliphatic heterocycles. The van der Waals surface area contributed by atoms with E-state index < -0.39 is 5.97 Å². The van der Waals surface area contributed by atoms with Crippen molar-refractivity contribution in [1.82, 2.24) is 14.3 Å². The lowest BCUT2D eigenvalue weighted by atomic mass is 9.99. The number of aryl methyl sites for hydroxylation is 2. The van der Waals surface area contributed by atoms with Crippen LogP contribution in [-0.4, -0.2) is 25.4 Å². The van der Waals surface area contributed by atoms with Gasteiger partial charge >= 0.3 is 11.7 Å². The summed E-state index contributed by atoms with van der Waals surface area (Å²) >= 11 is 0. The number of carboxylic acid groups (broad SMARTS) is 1. The van der Waals surface area contributed by atoms with Gasteiger partial charge in [0, 0.05) is 19.4 Å². The molecule has 142 valence electrons. The fourth-order valence-electron chi connectivity index (χ4n) is 3.11. The third-order valence-corrected chi connectivity index (χ3v) is 4.56. The molecule has 3 rings (SSSR count). The van der Waals surface area contributed by atoms with Crippen LogP contribution in [0.3, 0.4) is 0 Å². The first-order chi connectivity index (χ1) is 13.5. The van der Waals surface area contributed by atoms with E-state index in [0.717, 1.165) is 11.1 Å². The summed E-state index contributed by atoms with van der Waals surface area (Å²) in [5.74, 6) is 2.29. The van der Waals surface area contributed by atoms with Crippen LogP contribution in [0.15, 0.2) is 53.3 Å². The minimum atomic E-state index is -0.962. The van der Waals surface area contributed by atoms with E-state index in [1.54, 1.807) is 22.8 Å². The van der Waals surface area contributed by atoms with E-state index in [2.05, 4.69) is 11.0 Å². The number of benzene rings is 2. The third kappa shape index (κ3) is 3.89. The van der Waals surface area contributed by atoms with E-state index >= 15 is 0 Å². The lowest BCUT2D eigenvalue weighted by Crippen LogP contribution is -2.25. The second-order valence-electron chi connectivity index (χ2n) is 6.35. The van der Waals surface area contributed by atoms with Crippen molar-refractivity contribution in [3.8, 4) is 23.5 Å². The maximum Gasteiger partial charge on any atom is 0.346 e. The maximum absolute atomic E-state index is 12.5.